The molecule has 0 unspecified atom stereocenters. The predicted molar refractivity (Wildman–Crippen MR) is 74.6 cm³/mol. The molecule has 1 atom stereocenters. The van der Waals surface area contributed by atoms with Crippen molar-refractivity contribution in [3.8, 4) is 0 Å². The van der Waals surface area contributed by atoms with Gasteiger partial charge < -0.3 is 9.80 Å². The number of likely N-dealkylation sites (N-methyl/N-ethyl adjacent to an activating group) is 1. The van der Waals surface area contributed by atoms with Gasteiger partial charge in [-0.3, -0.25) is 4.79 Å². The Labute approximate surface area is 115 Å². The molecule has 0 N–H and O–H groups in total. The van der Waals surface area contributed by atoms with Crippen LogP contribution in [0, 0.1) is 0 Å². The molecule has 0 aliphatic carbocycles. The fourth-order valence-corrected chi connectivity index (χ4v) is 3.66. The molecule has 1 aromatic heterocycles. The molecule has 1 saturated heterocycles. The summed E-state index contributed by atoms with van der Waals surface area (Å²) in [6.07, 6.45) is 2.28. The van der Waals surface area contributed by atoms with E-state index in [0.717, 1.165) is 28.9 Å². The van der Waals surface area contributed by atoms with Crippen LogP contribution in [0.25, 0.3) is 0 Å². The lowest BCUT2D eigenvalue weighted by atomic mass is 10.0. The molecule has 1 amide bonds. The van der Waals surface area contributed by atoms with Gasteiger partial charge in [-0.25, -0.2) is 0 Å². The first kappa shape index (κ1) is 13.1. The van der Waals surface area contributed by atoms with Crippen molar-refractivity contribution in [3.05, 3.63) is 20.8 Å². The molecule has 1 aliphatic heterocycles. The molecule has 1 fully saturated rings. The largest absolute Gasteiger partial charge is 0.336 e. The standard InChI is InChI=1S/C12H17BrN2OS/c1-14(2)9-4-3-6-15(8-9)12(16)11-10(13)5-7-17-11/h5,7,9H,3-4,6,8H2,1-2H3/t9-/m1/s1. The van der Waals surface area contributed by atoms with Crippen molar-refractivity contribution in [2.24, 2.45) is 0 Å². The molecule has 0 aromatic carbocycles. The summed E-state index contributed by atoms with van der Waals surface area (Å²) < 4.78 is 0.916. The van der Waals surface area contributed by atoms with E-state index in [9.17, 15) is 4.79 Å². The van der Waals surface area contributed by atoms with Gasteiger partial charge in [-0.05, 0) is 54.3 Å². The molecule has 3 nitrogen and oxygen atoms in total. The second-order valence-electron chi connectivity index (χ2n) is 4.61. The lowest BCUT2D eigenvalue weighted by Gasteiger charge is -2.36. The number of hydrogen-bond donors (Lipinski definition) is 0. The highest BCUT2D eigenvalue weighted by atomic mass is 79.9. The second-order valence-corrected chi connectivity index (χ2v) is 6.38. The summed E-state index contributed by atoms with van der Waals surface area (Å²) in [4.78, 5) is 17.3. The van der Waals surface area contributed by atoms with Crippen LogP contribution in [0.1, 0.15) is 22.5 Å². The van der Waals surface area contributed by atoms with Gasteiger partial charge in [0.25, 0.3) is 5.91 Å². The fourth-order valence-electron chi connectivity index (χ4n) is 2.15. The molecule has 0 spiro atoms. The van der Waals surface area contributed by atoms with Crippen LogP contribution < -0.4 is 0 Å². The van der Waals surface area contributed by atoms with Crippen molar-refractivity contribution in [3.63, 3.8) is 0 Å². The molecule has 5 heteroatoms. The molecular formula is C12H17BrN2OS. The summed E-state index contributed by atoms with van der Waals surface area (Å²) in [5, 5.41) is 1.95. The number of thiophene rings is 1. The molecule has 0 radical (unpaired) electrons. The minimum Gasteiger partial charge on any atom is -0.336 e. The highest BCUT2D eigenvalue weighted by Gasteiger charge is 2.26. The van der Waals surface area contributed by atoms with Gasteiger partial charge in [-0.15, -0.1) is 11.3 Å². The van der Waals surface area contributed by atoms with Crippen LogP contribution in [0.5, 0.6) is 0 Å². The average Bonchev–Trinajstić information content (AvgIpc) is 2.74. The lowest BCUT2D eigenvalue weighted by Crippen LogP contribution is -2.47. The Morgan fingerprint density at radius 3 is 2.94 bits per heavy atom. The zero-order chi connectivity index (χ0) is 12.4. The molecule has 2 heterocycles. The van der Waals surface area contributed by atoms with Crippen LogP contribution in [-0.4, -0.2) is 48.9 Å². The van der Waals surface area contributed by atoms with Gasteiger partial charge in [0.05, 0.1) is 0 Å². The van der Waals surface area contributed by atoms with Crippen LogP contribution in [0.3, 0.4) is 0 Å². The Morgan fingerprint density at radius 1 is 1.59 bits per heavy atom. The smallest absolute Gasteiger partial charge is 0.265 e. The third-order valence-electron chi connectivity index (χ3n) is 3.23. The maximum absolute atomic E-state index is 12.3. The van der Waals surface area contributed by atoms with Gasteiger partial charge in [0, 0.05) is 23.6 Å². The molecule has 1 aliphatic rings. The molecule has 0 bridgehead atoms. The predicted octanol–water partition coefficient (Wildman–Crippen LogP) is 2.68. The van der Waals surface area contributed by atoms with Gasteiger partial charge in [-0.1, -0.05) is 0 Å². The summed E-state index contributed by atoms with van der Waals surface area (Å²) in [7, 11) is 4.17. The van der Waals surface area contributed by atoms with Crippen molar-refractivity contribution in [1.29, 1.82) is 0 Å². The monoisotopic (exact) mass is 316 g/mol. The Hall–Kier alpha value is -0.390. The van der Waals surface area contributed by atoms with Crippen LogP contribution in [0.4, 0.5) is 0 Å². The van der Waals surface area contributed by atoms with E-state index in [4.69, 9.17) is 0 Å². The minimum atomic E-state index is 0.165. The number of amides is 1. The average molecular weight is 317 g/mol. The highest BCUT2D eigenvalue weighted by Crippen LogP contribution is 2.26. The van der Waals surface area contributed by atoms with Gasteiger partial charge in [0.15, 0.2) is 0 Å². The minimum absolute atomic E-state index is 0.165. The van der Waals surface area contributed by atoms with Gasteiger partial charge in [-0.2, -0.15) is 0 Å². The van der Waals surface area contributed by atoms with E-state index in [-0.39, 0.29) is 5.91 Å². The van der Waals surface area contributed by atoms with Gasteiger partial charge >= 0.3 is 0 Å². The van der Waals surface area contributed by atoms with Crippen LogP contribution in [-0.2, 0) is 0 Å². The van der Waals surface area contributed by atoms with Crippen molar-refractivity contribution < 1.29 is 4.79 Å². The lowest BCUT2D eigenvalue weighted by molar-refractivity contribution is 0.0639. The van der Waals surface area contributed by atoms with Gasteiger partial charge in [0.2, 0.25) is 0 Å². The summed E-state index contributed by atoms with van der Waals surface area (Å²) >= 11 is 4.94. The van der Waals surface area contributed by atoms with Gasteiger partial charge in [0.1, 0.15) is 4.88 Å². The van der Waals surface area contributed by atoms with E-state index in [1.807, 2.05) is 16.3 Å². The Kier molecular flexibility index (Phi) is 4.22. The maximum Gasteiger partial charge on any atom is 0.265 e. The van der Waals surface area contributed by atoms with Crippen molar-refractivity contribution in [2.75, 3.05) is 27.2 Å². The summed E-state index contributed by atoms with van der Waals surface area (Å²) in [6, 6.07) is 2.43. The number of nitrogens with zero attached hydrogens (tertiary/aromatic N) is 2. The Bertz CT molecular complexity index is 405. The Morgan fingerprint density at radius 2 is 2.35 bits per heavy atom. The first-order valence-electron chi connectivity index (χ1n) is 5.78. The van der Waals surface area contributed by atoms with Crippen LogP contribution in [0.2, 0.25) is 0 Å². The van der Waals surface area contributed by atoms with E-state index < -0.39 is 0 Å². The van der Waals surface area contributed by atoms with E-state index in [2.05, 4.69) is 34.9 Å². The van der Waals surface area contributed by atoms with E-state index in [1.165, 1.54) is 17.8 Å². The summed E-state index contributed by atoms with van der Waals surface area (Å²) in [5.74, 6) is 0.165. The number of carbonyl (C=O) groups is 1. The van der Waals surface area contributed by atoms with Crippen LogP contribution in [0.15, 0.2) is 15.9 Å². The second kappa shape index (κ2) is 5.50. The molecule has 94 valence electrons. The molecule has 0 saturated carbocycles. The Balaban J connectivity index is 2.07. The number of piperidine rings is 1. The number of halogens is 1. The topological polar surface area (TPSA) is 23.6 Å². The molecule has 17 heavy (non-hydrogen) atoms. The van der Waals surface area contributed by atoms with E-state index >= 15 is 0 Å². The number of carbonyl (C=O) groups excluding carboxylic acids is 1. The first-order valence-corrected chi connectivity index (χ1v) is 7.45. The van der Waals surface area contributed by atoms with E-state index in [1.54, 1.807) is 0 Å². The quantitative estimate of drug-likeness (QED) is 0.837. The third-order valence-corrected chi connectivity index (χ3v) is 5.05. The fraction of sp³-hybridized carbons (Fsp3) is 0.583. The van der Waals surface area contributed by atoms with E-state index in [0.29, 0.717) is 6.04 Å². The summed E-state index contributed by atoms with van der Waals surface area (Å²) in [6.45, 7) is 1.73. The van der Waals surface area contributed by atoms with Crippen LogP contribution >= 0.6 is 27.3 Å². The number of rotatable bonds is 2. The first-order chi connectivity index (χ1) is 8.09. The molecule has 2 rings (SSSR count). The summed E-state index contributed by atoms with van der Waals surface area (Å²) in [5.41, 5.74) is 0. The highest BCUT2D eigenvalue weighted by molar-refractivity contribution is 9.10. The normalized spacial score (nSPS) is 20.9. The zero-order valence-electron chi connectivity index (χ0n) is 10.1. The van der Waals surface area contributed by atoms with Crippen molar-refractivity contribution in [1.82, 2.24) is 9.80 Å². The van der Waals surface area contributed by atoms with Crippen molar-refractivity contribution in [2.45, 2.75) is 18.9 Å². The molecular weight excluding hydrogens is 300 g/mol. The SMILES string of the molecule is CN(C)[C@@H]1CCCN(C(=O)c2sccc2Br)C1. The number of hydrogen-bond acceptors (Lipinski definition) is 3. The third kappa shape index (κ3) is 2.89. The van der Waals surface area contributed by atoms with Crippen molar-refractivity contribution >= 4 is 33.2 Å². The zero-order valence-corrected chi connectivity index (χ0v) is 12.6. The maximum atomic E-state index is 12.3. The molecule has 1 aromatic rings. The number of likely N-dealkylation sites (tertiary alicyclic amines) is 1.